The van der Waals surface area contributed by atoms with Crippen molar-refractivity contribution >= 4 is 6.09 Å². The van der Waals surface area contributed by atoms with Gasteiger partial charge in [-0.05, 0) is 73.8 Å². The second-order valence-electron chi connectivity index (χ2n) is 7.47. The average Bonchev–Trinajstić information content (AvgIpc) is 2.45. The van der Waals surface area contributed by atoms with Gasteiger partial charge in [-0.2, -0.15) is 0 Å². The number of para-hydroxylation sites is 1. The van der Waals surface area contributed by atoms with Crippen LogP contribution in [0.4, 0.5) is 4.79 Å². The molecule has 0 heterocycles. The Bertz CT molecular complexity index is 490. The molecule has 0 spiro atoms. The van der Waals surface area contributed by atoms with E-state index in [4.69, 9.17) is 4.74 Å². The van der Waals surface area contributed by atoms with Crippen molar-refractivity contribution in [3.8, 4) is 5.75 Å². The van der Waals surface area contributed by atoms with Crippen LogP contribution in [0.5, 0.6) is 5.75 Å². The third kappa shape index (κ3) is 2.66. The monoisotopic (exact) mass is 285 g/mol. The zero-order valence-electron chi connectivity index (χ0n) is 12.4. The Labute approximate surface area is 126 Å². The maximum atomic E-state index is 12.0. The first kappa shape index (κ1) is 13.2. The highest BCUT2D eigenvalue weighted by atomic mass is 16.6. The van der Waals surface area contributed by atoms with Crippen LogP contribution in [0.2, 0.25) is 0 Å². The van der Waals surface area contributed by atoms with Gasteiger partial charge in [0.25, 0.3) is 0 Å². The molecule has 1 N–H and O–H groups in total. The number of hydrogen-bond donors (Lipinski definition) is 1. The van der Waals surface area contributed by atoms with Crippen molar-refractivity contribution in [1.82, 2.24) is 5.32 Å². The van der Waals surface area contributed by atoms with Crippen molar-refractivity contribution in [2.75, 3.05) is 6.54 Å². The molecule has 0 aromatic heterocycles. The quantitative estimate of drug-likeness (QED) is 0.912. The van der Waals surface area contributed by atoms with E-state index in [1.165, 1.54) is 38.5 Å². The maximum absolute atomic E-state index is 12.0. The van der Waals surface area contributed by atoms with Crippen LogP contribution < -0.4 is 10.1 Å². The molecule has 0 radical (unpaired) electrons. The van der Waals surface area contributed by atoms with Gasteiger partial charge in [-0.1, -0.05) is 18.2 Å². The van der Waals surface area contributed by atoms with E-state index in [0.29, 0.717) is 11.2 Å². The van der Waals surface area contributed by atoms with E-state index in [0.717, 1.165) is 24.3 Å². The maximum Gasteiger partial charge on any atom is 0.412 e. The van der Waals surface area contributed by atoms with Crippen LogP contribution in [-0.4, -0.2) is 12.6 Å². The van der Waals surface area contributed by atoms with Crippen LogP contribution in [0.25, 0.3) is 0 Å². The number of carbonyl (C=O) groups excluding carboxylic acids is 1. The topological polar surface area (TPSA) is 38.3 Å². The van der Waals surface area contributed by atoms with Crippen LogP contribution >= 0.6 is 0 Å². The molecule has 4 aliphatic carbocycles. The van der Waals surface area contributed by atoms with Crippen LogP contribution in [0.1, 0.15) is 38.5 Å². The van der Waals surface area contributed by atoms with E-state index < -0.39 is 0 Å². The number of ether oxygens (including phenoxy) is 1. The smallest absolute Gasteiger partial charge is 0.410 e. The number of amides is 1. The van der Waals surface area contributed by atoms with Gasteiger partial charge < -0.3 is 10.1 Å². The minimum absolute atomic E-state index is 0.308. The lowest BCUT2D eigenvalue weighted by Crippen LogP contribution is -2.51. The molecule has 4 aliphatic rings. The molecular weight excluding hydrogens is 262 g/mol. The highest BCUT2D eigenvalue weighted by Crippen LogP contribution is 2.59. The zero-order valence-corrected chi connectivity index (χ0v) is 12.4. The lowest BCUT2D eigenvalue weighted by molar-refractivity contribution is -0.0503. The number of carbonyl (C=O) groups is 1. The largest absolute Gasteiger partial charge is 0.412 e. The second-order valence-corrected chi connectivity index (χ2v) is 7.47. The van der Waals surface area contributed by atoms with Gasteiger partial charge in [0.05, 0.1) is 0 Å². The molecule has 21 heavy (non-hydrogen) atoms. The molecule has 0 aliphatic heterocycles. The van der Waals surface area contributed by atoms with Crippen molar-refractivity contribution < 1.29 is 9.53 Å². The van der Waals surface area contributed by atoms with Crippen molar-refractivity contribution in [3.05, 3.63) is 30.3 Å². The van der Waals surface area contributed by atoms with E-state index in [1.54, 1.807) is 0 Å². The summed E-state index contributed by atoms with van der Waals surface area (Å²) in [5, 5.41) is 3.03. The number of benzene rings is 1. The van der Waals surface area contributed by atoms with Crippen LogP contribution in [-0.2, 0) is 0 Å². The Kier molecular flexibility index (Phi) is 3.16. The summed E-state index contributed by atoms with van der Waals surface area (Å²) in [7, 11) is 0. The van der Waals surface area contributed by atoms with Gasteiger partial charge in [-0.25, -0.2) is 4.79 Å². The summed E-state index contributed by atoms with van der Waals surface area (Å²) in [6, 6.07) is 9.29. The summed E-state index contributed by atoms with van der Waals surface area (Å²) >= 11 is 0. The Morgan fingerprint density at radius 2 is 1.62 bits per heavy atom. The summed E-state index contributed by atoms with van der Waals surface area (Å²) in [6.07, 6.45) is 7.94. The highest BCUT2D eigenvalue weighted by molar-refractivity contribution is 5.70. The summed E-state index contributed by atoms with van der Waals surface area (Å²) in [5.74, 6) is 3.37. The fourth-order valence-corrected chi connectivity index (χ4v) is 5.40. The molecular formula is C18H23NO2. The predicted octanol–water partition coefficient (Wildman–Crippen LogP) is 3.99. The molecule has 0 atom stereocenters. The third-order valence-corrected chi connectivity index (χ3v) is 5.73. The van der Waals surface area contributed by atoms with Crippen molar-refractivity contribution in [2.24, 2.45) is 23.2 Å². The van der Waals surface area contributed by atoms with Crippen molar-refractivity contribution in [1.29, 1.82) is 0 Å². The van der Waals surface area contributed by atoms with E-state index in [9.17, 15) is 4.79 Å². The molecule has 3 heteroatoms. The predicted molar refractivity (Wildman–Crippen MR) is 81.1 cm³/mol. The van der Waals surface area contributed by atoms with Gasteiger partial charge in [0.2, 0.25) is 0 Å². The molecule has 4 bridgehead atoms. The fraction of sp³-hybridized carbons (Fsp3) is 0.611. The lowest BCUT2D eigenvalue weighted by atomic mass is 9.49. The lowest BCUT2D eigenvalue weighted by Gasteiger charge is -2.56. The summed E-state index contributed by atoms with van der Waals surface area (Å²) in [4.78, 5) is 12.0. The number of nitrogens with one attached hydrogen (secondary N) is 1. The first-order valence-corrected chi connectivity index (χ1v) is 8.22. The van der Waals surface area contributed by atoms with Gasteiger partial charge in [-0.3, -0.25) is 0 Å². The Balaban J connectivity index is 1.35. The number of hydrogen-bond acceptors (Lipinski definition) is 2. The van der Waals surface area contributed by atoms with Crippen LogP contribution in [0, 0.1) is 23.2 Å². The Morgan fingerprint density at radius 3 is 2.19 bits per heavy atom. The second kappa shape index (κ2) is 5.04. The molecule has 1 aromatic rings. The van der Waals surface area contributed by atoms with E-state index in [1.807, 2.05) is 30.3 Å². The van der Waals surface area contributed by atoms with Crippen LogP contribution in [0.3, 0.4) is 0 Å². The van der Waals surface area contributed by atoms with E-state index in [2.05, 4.69) is 5.32 Å². The third-order valence-electron chi connectivity index (χ3n) is 5.73. The SMILES string of the molecule is O=C(NCC12CC3CC(CC(C3)C1)C2)Oc1ccccc1. The minimum atomic E-state index is -0.308. The highest BCUT2D eigenvalue weighted by Gasteiger charge is 2.50. The molecule has 5 rings (SSSR count). The van der Waals surface area contributed by atoms with Gasteiger partial charge >= 0.3 is 6.09 Å². The molecule has 1 aromatic carbocycles. The van der Waals surface area contributed by atoms with Gasteiger partial charge in [-0.15, -0.1) is 0 Å². The van der Waals surface area contributed by atoms with E-state index in [-0.39, 0.29) is 6.09 Å². The molecule has 0 unspecified atom stereocenters. The first-order valence-electron chi connectivity index (χ1n) is 8.22. The Hall–Kier alpha value is -1.51. The average molecular weight is 285 g/mol. The molecule has 112 valence electrons. The summed E-state index contributed by atoms with van der Waals surface area (Å²) in [6.45, 7) is 0.794. The molecule has 1 amide bonds. The van der Waals surface area contributed by atoms with Crippen molar-refractivity contribution in [3.63, 3.8) is 0 Å². The summed E-state index contributed by atoms with van der Waals surface area (Å²) < 4.78 is 5.33. The fourth-order valence-electron chi connectivity index (χ4n) is 5.40. The van der Waals surface area contributed by atoms with Gasteiger partial charge in [0, 0.05) is 6.54 Å². The molecule has 4 fully saturated rings. The van der Waals surface area contributed by atoms with Crippen LogP contribution in [0.15, 0.2) is 30.3 Å². The van der Waals surface area contributed by atoms with Gasteiger partial charge in [0.15, 0.2) is 0 Å². The molecule has 4 saturated carbocycles. The zero-order chi connectivity index (χ0) is 14.3. The summed E-state index contributed by atoms with van der Waals surface area (Å²) in [5.41, 5.74) is 0.366. The molecule has 0 saturated heterocycles. The number of rotatable bonds is 3. The molecule has 3 nitrogen and oxygen atoms in total. The standard InChI is InChI=1S/C18H23NO2/c20-17(21-16-4-2-1-3-5-16)19-12-18-9-13-6-14(10-18)8-15(7-13)11-18/h1-5,13-15H,6-12H2,(H,19,20). The van der Waals surface area contributed by atoms with Crippen molar-refractivity contribution in [2.45, 2.75) is 38.5 Å². The Morgan fingerprint density at radius 1 is 1.05 bits per heavy atom. The first-order chi connectivity index (χ1) is 10.2. The van der Waals surface area contributed by atoms with Gasteiger partial charge in [0.1, 0.15) is 5.75 Å². The normalized spacial score (nSPS) is 36.5. The minimum Gasteiger partial charge on any atom is -0.410 e. The van der Waals surface area contributed by atoms with E-state index >= 15 is 0 Å².